The molecule has 0 fully saturated rings. The number of hydrogen-bond donors (Lipinski definition) is 0. The Balaban J connectivity index is 3.24. The van der Waals surface area contributed by atoms with Gasteiger partial charge in [-0.3, -0.25) is 0 Å². The molecule has 1 rings (SSSR count). The molecule has 0 spiro atoms. The van der Waals surface area contributed by atoms with E-state index in [0.717, 1.165) is 16.6 Å². The number of nitrogens with zero attached hydrogens (tertiary/aromatic N) is 3. The number of aromatic nitrogens is 2. The fourth-order valence-corrected chi connectivity index (χ4v) is 1.36. The van der Waals surface area contributed by atoms with Gasteiger partial charge in [0.15, 0.2) is 0 Å². The van der Waals surface area contributed by atoms with E-state index in [1.807, 2.05) is 0 Å². The molecule has 0 saturated heterocycles. The molecule has 0 radical (unpaired) electrons. The minimum absolute atomic E-state index is 0.326. The Hall–Kier alpha value is -0.950. The van der Waals surface area contributed by atoms with Crippen molar-refractivity contribution in [2.24, 2.45) is 0 Å². The van der Waals surface area contributed by atoms with Gasteiger partial charge in [0.05, 0.1) is 6.20 Å². The molecule has 0 atom stereocenters. The van der Waals surface area contributed by atoms with E-state index in [1.165, 1.54) is 14.1 Å². The molecule has 0 bridgehead atoms. The summed E-state index contributed by atoms with van der Waals surface area (Å²) in [5.41, 5.74) is 0. The maximum atomic E-state index is 12.7. The molecule has 1 aromatic heterocycles. The zero-order valence-electron chi connectivity index (χ0n) is 6.60. The van der Waals surface area contributed by atoms with Crippen LogP contribution >= 0.6 is 0 Å². The van der Waals surface area contributed by atoms with Crippen LogP contribution in [0.5, 0.6) is 0 Å². The van der Waals surface area contributed by atoms with Crippen molar-refractivity contribution in [1.82, 2.24) is 13.5 Å². The van der Waals surface area contributed by atoms with Crippen LogP contribution in [0.15, 0.2) is 12.3 Å². The summed E-state index contributed by atoms with van der Waals surface area (Å²) >= 11 is 0. The minimum Gasteiger partial charge on any atom is -0.189 e. The van der Waals surface area contributed by atoms with E-state index < -0.39 is 16.2 Å². The van der Waals surface area contributed by atoms with E-state index in [1.54, 1.807) is 0 Å². The lowest BCUT2D eigenvalue weighted by Gasteiger charge is -2.10. The van der Waals surface area contributed by atoms with E-state index in [-0.39, 0.29) is 0 Å². The highest BCUT2D eigenvalue weighted by Crippen LogP contribution is 2.02. The smallest absolute Gasteiger partial charge is 0.189 e. The predicted molar refractivity (Wildman–Crippen MR) is 40.2 cm³/mol. The van der Waals surface area contributed by atoms with Crippen LogP contribution in [0.1, 0.15) is 0 Å². The van der Waals surface area contributed by atoms with Crippen molar-refractivity contribution in [2.75, 3.05) is 14.1 Å². The molecule has 1 aromatic rings. The maximum Gasteiger partial charge on any atom is 0.325 e. The molecule has 0 aliphatic heterocycles. The Bertz CT molecular complexity index is 370. The zero-order chi connectivity index (χ0) is 9.35. The molecule has 0 unspecified atom stereocenters. The summed E-state index contributed by atoms with van der Waals surface area (Å²) in [7, 11) is -1.20. The summed E-state index contributed by atoms with van der Waals surface area (Å²) in [6, 6.07) is 0.973. The molecule has 7 heteroatoms. The molecule has 12 heavy (non-hydrogen) atoms. The van der Waals surface area contributed by atoms with Crippen molar-refractivity contribution in [3.05, 3.63) is 18.2 Å². The van der Waals surface area contributed by atoms with Gasteiger partial charge in [-0.05, 0) is 0 Å². The van der Waals surface area contributed by atoms with Crippen LogP contribution in [-0.2, 0) is 10.2 Å². The van der Waals surface area contributed by atoms with Crippen LogP contribution in [-0.4, -0.2) is 36.0 Å². The summed E-state index contributed by atoms with van der Waals surface area (Å²) in [5.74, 6) is -0.899. The zero-order valence-corrected chi connectivity index (χ0v) is 7.42. The highest BCUT2D eigenvalue weighted by molar-refractivity contribution is 7.87. The molecule has 0 amide bonds. The van der Waals surface area contributed by atoms with E-state index >= 15 is 0 Å². The lowest BCUT2D eigenvalue weighted by Crippen LogP contribution is -2.30. The second-order valence-corrected chi connectivity index (χ2v) is 4.26. The average Bonchev–Trinajstić information content (AvgIpc) is 2.35. The van der Waals surface area contributed by atoms with Crippen LogP contribution < -0.4 is 0 Å². The van der Waals surface area contributed by atoms with Gasteiger partial charge in [0.1, 0.15) is 0 Å². The van der Waals surface area contributed by atoms with Gasteiger partial charge in [-0.1, -0.05) is 0 Å². The standard InChI is InChI=1S/C5H8FN3O2S/c1-8(2)12(10,11)9-5(6)3-4-7-9/h3-4H,1-2H3. The Labute approximate surface area is 69.6 Å². The van der Waals surface area contributed by atoms with Crippen LogP contribution in [0.25, 0.3) is 0 Å². The molecule has 0 aromatic carbocycles. The van der Waals surface area contributed by atoms with Crippen molar-refractivity contribution in [3.63, 3.8) is 0 Å². The summed E-state index contributed by atoms with van der Waals surface area (Å²) < 4.78 is 36.3. The summed E-state index contributed by atoms with van der Waals surface area (Å²) in [6.45, 7) is 0. The van der Waals surface area contributed by atoms with Crippen molar-refractivity contribution < 1.29 is 12.8 Å². The Morgan fingerprint density at radius 1 is 1.58 bits per heavy atom. The first-order chi connectivity index (χ1) is 5.46. The average molecular weight is 193 g/mol. The highest BCUT2D eigenvalue weighted by Gasteiger charge is 2.19. The molecular formula is C5H8FN3O2S. The second kappa shape index (κ2) is 2.83. The molecule has 0 aliphatic carbocycles. The van der Waals surface area contributed by atoms with Crippen LogP contribution in [0, 0.1) is 5.95 Å². The second-order valence-electron chi connectivity index (χ2n) is 2.29. The predicted octanol–water partition coefficient (Wildman–Crippen LogP) is -0.323. The Morgan fingerprint density at radius 2 is 2.17 bits per heavy atom. The first-order valence-electron chi connectivity index (χ1n) is 3.09. The van der Waals surface area contributed by atoms with Gasteiger partial charge in [0, 0.05) is 20.2 Å². The van der Waals surface area contributed by atoms with Gasteiger partial charge in [-0.2, -0.15) is 22.2 Å². The molecule has 0 saturated carbocycles. The molecule has 1 heterocycles. The molecule has 68 valence electrons. The fraction of sp³-hybridized carbons (Fsp3) is 0.400. The van der Waals surface area contributed by atoms with E-state index in [4.69, 9.17) is 0 Å². The van der Waals surface area contributed by atoms with Crippen LogP contribution in [0.4, 0.5) is 4.39 Å². The third-order valence-electron chi connectivity index (χ3n) is 1.25. The van der Waals surface area contributed by atoms with Crippen molar-refractivity contribution in [1.29, 1.82) is 0 Å². The SMILES string of the molecule is CN(C)S(=O)(=O)n1nccc1F. The largest absolute Gasteiger partial charge is 0.325 e. The lowest BCUT2D eigenvalue weighted by molar-refractivity contribution is 0.475. The molecule has 0 aliphatic rings. The summed E-state index contributed by atoms with van der Waals surface area (Å²) in [5, 5.41) is 3.32. The molecular weight excluding hydrogens is 185 g/mol. The van der Waals surface area contributed by atoms with E-state index in [2.05, 4.69) is 5.10 Å². The monoisotopic (exact) mass is 193 g/mol. The molecule has 0 N–H and O–H groups in total. The Morgan fingerprint density at radius 3 is 2.50 bits per heavy atom. The number of hydrogen-bond acceptors (Lipinski definition) is 3. The highest BCUT2D eigenvalue weighted by atomic mass is 32.2. The third kappa shape index (κ3) is 1.32. The normalized spacial score (nSPS) is 12.3. The van der Waals surface area contributed by atoms with Crippen molar-refractivity contribution in [2.45, 2.75) is 0 Å². The van der Waals surface area contributed by atoms with Gasteiger partial charge < -0.3 is 0 Å². The topological polar surface area (TPSA) is 55.2 Å². The van der Waals surface area contributed by atoms with Gasteiger partial charge in [0.25, 0.3) is 0 Å². The first kappa shape index (κ1) is 9.14. The lowest BCUT2D eigenvalue weighted by atomic mass is 10.7. The quantitative estimate of drug-likeness (QED) is 0.646. The first-order valence-corrected chi connectivity index (χ1v) is 4.48. The third-order valence-corrected chi connectivity index (χ3v) is 2.87. The van der Waals surface area contributed by atoms with Gasteiger partial charge in [-0.15, -0.1) is 4.09 Å². The summed E-state index contributed by atoms with van der Waals surface area (Å²) in [6.07, 6.45) is 1.08. The number of rotatable bonds is 2. The van der Waals surface area contributed by atoms with E-state index in [0.29, 0.717) is 4.09 Å². The van der Waals surface area contributed by atoms with E-state index in [9.17, 15) is 12.8 Å². The Kier molecular flexibility index (Phi) is 2.16. The number of halogens is 1. The van der Waals surface area contributed by atoms with Crippen molar-refractivity contribution in [3.8, 4) is 0 Å². The van der Waals surface area contributed by atoms with Gasteiger partial charge in [-0.25, -0.2) is 0 Å². The van der Waals surface area contributed by atoms with Gasteiger partial charge >= 0.3 is 10.2 Å². The fourth-order valence-electron chi connectivity index (χ4n) is 0.599. The summed E-state index contributed by atoms with van der Waals surface area (Å²) in [4.78, 5) is 0. The maximum absolute atomic E-state index is 12.7. The van der Waals surface area contributed by atoms with Gasteiger partial charge in [0.2, 0.25) is 5.95 Å². The van der Waals surface area contributed by atoms with Crippen LogP contribution in [0.3, 0.4) is 0 Å². The van der Waals surface area contributed by atoms with Crippen molar-refractivity contribution >= 4 is 10.2 Å². The minimum atomic E-state index is -3.80. The van der Waals surface area contributed by atoms with Crippen LogP contribution in [0.2, 0.25) is 0 Å². The molecule has 5 nitrogen and oxygen atoms in total.